The molecule has 2 aromatic carbocycles. The molecule has 0 aliphatic carbocycles. The van der Waals surface area contributed by atoms with Crippen LogP contribution in [-0.4, -0.2) is 18.6 Å². The maximum absolute atomic E-state index is 14.3. The molecule has 2 rings (SSSR count). The minimum Gasteiger partial charge on any atom is -0.464 e. The largest absolute Gasteiger partial charge is 0.464 e. The van der Waals surface area contributed by atoms with Crippen LogP contribution in [0.2, 0.25) is 5.02 Å². The summed E-state index contributed by atoms with van der Waals surface area (Å²) in [5.41, 5.74) is -1.03. The zero-order valence-corrected chi connectivity index (χ0v) is 15.7. The van der Waals surface area contributed by atoms with Crippen LogP contribution in [0.1, 0.15) is 30.0 Å². The smallest absolute Gasteiger partial charge is 0.328 e. The van der Waals surface area contributed by atoms with E-state index in [-0.39, 0.29) is 18.7 Å². The van der Waals surface area contributed by atoms with Crippen molar-refractivity contribution in [2.24, 2.45) is 0 Å². The molecule has 0 amide bonds. The van der Waals surface area contributed by atoms with Crippen LogP contribution in [0.3, 0.4) is 0 Å². The van der Waals surface area contributed by atoms with Gasteiger partial charge in [-0.05, 0) is 25.3 Å². The van der Waals surface area contributed by atoms with E-state index < -0.39 is 39.8 Å². The Kier molecular flexibility index (Phi) is 7.31. The number of hydrogen-bond donors (Lipinski definition) is 1. The third kappa shape index (κ3) is 4.57. The summed E-state index contributed by atoms with van der Waals surface area (Å²) in [4.78, 5) is 12.3. The number of esters is 1. The summed E-state index contributed by atoms with van der Waals surface area (Å²) in [5, 5.41) is 20.2. The molecule has 2 aromatic rings. The van der Waals surface area contributed by atoms with Crippen molar-refractivity contribution in [2.75, 3.05) is 11.9 Å². The highest BCUT2D eigenvalue weighted by molar-refractivity contribution is 6.33. The van der Waals surface area contributed by atoms with Gasteiger partial charge in [0, 0.05) is 0 Å². The zero-order valence-electron chi connectivity index (χ0n) is 14.9. The minimum atomic E-state index is -1.33. The SMILES string of the molecule is CCOC(=O)[C@@H](CCc1ccccc1)Nc1c(Cl)c(F)c(C#N)c(F)c1C#N. The number of benzene rings is 2. The standard InChI is InChI=1S/C20H16ClF2N3O2/c1-2-28-20(27)15(9-8-12-6-4-3-5-7-12)26-19-14(11-25)17(22)13(10-24)18(23)16(19)21/h3-7,15,26H,2,8-9H2,1H3/t15-/m1/s1. The average molecular weight is 404 g/mol. The molecule has 0 heterocycles. The van der Waals surface area contributed by atoms with Crippen LogP contribution in [0.4, 0.5) is 14.5 Å². The van der Waals surface area contributed by atoms with Gasteiger partial charge in [0.05, 0.1) is 12.3 Å². The van der Waals surface area contributed by atoms with Crippen LogP contribution in [0.25, 0.3) is 0 Å². The maximum Gasteiger partial charge on any atom is 0.328 e. The average Bonchev–Trinajstić information content (AvgIpc) is 2.70. The predicted molar refractivity (Wildman–Crippen MR) is 99.6 cm³/mol. The van der Waals surface area contributed by atoms with Crippen molar-refractivity contribution in [3.63, 3.8) is 0 Å². The summed E-state index contributed by atoms with van der Waals surface area (Å²) in [6.07, 6.45) is 0.700. The topological polar surface area (TPSA) is 85.9 Å². The molecule has 0 bridgehead atoms. The second-order valence-corrected chi connectivity index (χ2v) is 6.14. The summed E-state index contributed by atoms with van der Waals surface area (Å²) in [5.74, 6) is -3.28. The van der Waals surface area contributed by atoms with Crippen molar-refractivity contribution in [1.29, 1.82) is 10.5 Å². The molecule has 8 heteroatoms. The van der Waals surface area contributed by atoms with Crippen molar-refractivity contribution >= 4 is 23.3 Å². The van der Waals surface area contributed by atoms with E-state index in [9.17, 15) is 18.8 Å². The van der Waals surface area contributed by atoms with Gasteiger partial charge in [-0.2, -0.15) is 10.5 Å². The number of anilines is 1. The molecule has 0 fully saturated rings. The van der Waals surface area contributed by atoms with Crippen LogP contribution in [-0.2, 0) is 16.0 Å². The molecule has 28 heavy (non-hydrogen) atoms. The Bertz CT molecular complexity index is 953. The van der Waals surface area contributed by atoms with Crippen molar-refractivity contribution in [2.45, 2.75) is 25.8 Å². The van der Waals surface area contributed by atoms with E-state index in [2.05, 4.69) is 5.32 Å². The lowest BCUT2D eigenvalue weighted by Gasteiger charge is -2.21. The highest BCUT2D eigenvalue weighted by Crippen LogP contribution is 2.34. The Morgan fingerprint density at radius 3 is 2.39 bits per heavy atom. The normalized spacial score (nSPS) is 11.2. The molecule has 0 saturated carbocycles. The number of nitrogens with zero attached hydrogens (tertiary/aromatic N) is 2. The predicted octanol–water partition coefficient (Wildman–Crippen LogP) is 4.34. The lowest BCUT2D eigenvalue weighted by Crippen LogP contribution is -2.32. The molecule has 0 aromatic heterocycles. The first-order chi connectivity index (χ1) is 13.4. The molecule has 0 spiro atoms. The molecular formula is C20H16ClF2N3O2. The second kappa shape index (κ2) is 9.68. The van der Waals surface area contributed by atoms with Crippen LogP contribution in [0.15, 0.2) is 30.3 Å². The Morgan fingerprint density at radius 2 is 1.82 bits per heavy atom. The van der Waals surface area contributed by atoms with Crippen LogP contribution < -0.4 is 5.32 Å². The summed E-state index contributed by atoms with van der Waals surface area (Å²) in [6.45, 7) is 1.73. The van der Waals surface area contributed by atoms with Crippen molar-refractivity contribution in [3.05, 3.63) is 63.7 Å². The van der Waals surface area contributed by atoms with E-state index in [0.29, 0.717) is 6.42 Å². The quantitative estimate of drug-likeness (QED) is 0.549. The molecule has 0 unspecified atom stereocenters. The van der Waals surface area contributed by atoms with E-state index in [4.69, 9.17) is 21.6 Å². The van der Waals surface area contributed by atoms with Gasteiger partial charge in [0.25, 0.3) is 0 Å². The third-order valence-corrected chi connectivity index (χ3v) is 4.35. The van der Waals surface area contributed by atoms with Crippen LogP contribution in [0.5, 0.6) is 0 Å². The Morgan fingerprint density at radius 1 is 1.18 bits per heavy atom. The Hall–Kier alpha value is -3.16. The van der Waals surface area contributed by atoms with Gasteiger partial charge in [-0.1, -0.05) is 41.9 Å². The highest BCUT2D eigenvalue weighted by atomic mass is 35.5. The van der Waals surface area contributed by atoms with Gasteiger partial charge in [0.2, 0.25) is 0 Å². The molecule has 1 atom stereocenters. The number of nitrogens with one attached hydrogen (secondary N) is 1. The molecule has 144 valence electrons. The lowest BCUT2D eigenvalue weighted by atomic mass is 10.0. The first-order valence-electron chi connectivity index (χ1n) is 8.42. The number of carbonyl (C=O) groups excluding carboxylic acids is 1. The molecule has 0 radical (unpaired) electrons. The van der Waals surface area contributed by atoms with E-state index >= 15 is 0 Å². The molecule has 1 N–H and O–H groups in total. The summed E-state index contributed by atoms with van der Waals surface area (Å²) < 4.78 is 33.6. The fourth-order valence-corrected chi connectivity index (χ4v) is 2.86. The summed E-state index contributed by atoms with van der Waals surface area (Å²) in [6, 6.07) is 11.2. The van der Waals surface area contributed by atoms with Gasteiger partial charge in [-0.25, -0.2) is 13.6 Å². The number of hydrogen-bond acceptors (Lipinski definition) is 5. The minimum absolute atomic E-state index is 0.108. The molecule has 0 aliphatic rings. The number of nitriles is 2. The van der Waals surface area contributed by atoms with Gasteiger partial charge < -0.3 is 10.1 Å². The van der Waals surface area contributed by atoms with E-state index in [0.717, 1.165) is 5.56 Å². The van der Waals surface area contributed by atoms with Crippen LogP contribution >= 0.6 is 11.6 Å². The number of ether oxygens (including phenoxy) is 1. The first-order valence-corrected chi connectivity index (χ1v) is 8.80. The van der Waals surface area contributed by atoms with Crippen molar-refractivity contribution < 1.29 is 18.3 Å². The molecule has 0 aliphatic heterocycles. The summed E-state index contributed by atoms with van der Waals surface area (Å²) >= 11 is 5.92. The lowest BCUT2D eigenvalue weighted by molar-refractivity contribution is -0.144. The number of rotatable bonds is 7. The summed E-state index contributed by atoms with van der Waals surface area (Å²) in [7, 11) is 0. The van der Waals surface area contributed by atoms with E-state index in [1.54, 1.807) is 13.0 Å². The van der Waals surface area contributed by atoms with Gasteiger partial charge in [-0.3, -0.25) is 0 Å². The fourth-order valence-electron chi connectivity index (χ4n) is 2.62. The van der Waals surface area contributed by atoms with E-state index in [1.807, 2.05) is 30.3 Å². The van der Waals surface area contributed by atoms with E-state index in [1.165, 1.54) is 6.07 Å². The van der Waals surface area contributed by atoms with Gasteiger partial charge in [0.1, 0.15) is 34.3 Å². The number of carbonyl (C=O) groups is 1. The van der Waals surface area contributed by atoms with Gasteiger partial charge >= 0.3 is 5.97 Å². The monoisotopic (exact) mass is 403 g/mol. The third-order valence-electron chi connectivity index (χ3n) is 4.00. The molecule has 0 saturated heterocycles. The maximum atomic E-state index is 14.3. The second-order valence-electron chi connectivity index (χ2n) is 5.76. The Labute approximate surface area is 166 Å². The highest BCUT2D eigenvalue weighted by Gasteiger charge is 2.28. The van der Waals surface area contributed by atoms with Gasteiger partial charge in [-0.15, -0.1) is 0 Å². The van der Waals surface area contributed by atoms with Crippen molar-refractivity contribution in [1.82, 2.24) is 0 Å². The van der Waals surface area contributed by atoms with Crippen LogP contribution in [0, 0.1) is 34.3 Å². The number of aryl methyl sites for hydroxylation is 1. The first kappa shape index (κ1) is 21.1. The fraction of sp³-hybridized carbons (Fsp3) is 0.250. The molecular weight excluding hydrogens is 388 g/mol. The number of halogens is 3. The van der Waals surface area contributed by atoms with Crippen molar-refractivity contribution in [3.8, 4) is 12.1 Å². The zero-order chi connectivity index (χ0) is 20.7. The molecule has 5 nitrogen and oxygen atoms in total. The Balaban J connectivity index is 2.40. The van der Waals surface area contributed by atoms with Gasteiger partial charge in [0.15, 0.2) is 11.6 Å².